The number of benzene rings is 1. The Balaban J connectivity index is 2.20. The third-order valence-corrected chi connectivity index (χ3v) is 4.61. The van der Waals surface area contributed by atoms with Gasteiger partial charge in [0.1, 0.15) is 0 Å². The van der Waals surface area contributed by atoms with Crippen molar-refractivity contribution in [2.45, 2.75) is 39.8 Å². The number of pyridine rings is 1. The lowest BCUT2D eigenvalue weighted by Crippen LogP contribution is -2.32. The smallest absolute Gasteiger partial charge is 0.0709 e. The number of likely N-dealkylation sites (N-methyl/N-ethyl adjacent to an activating group) is 1. The number of nitrogens with zero attached hydrogens (tertiary/aromatic N) is 2. The minimum absolute atomic E-state index is 0.923. The van der Waals surface area contributed by atoms with Crippen LogP contribution in [0.2, 0.25) is 0 Å². The van der Waals surface area contributed by atoms with Gasteiger partial charge in [-0.3, -0.25) is 9.88 Å². The molecule has 21 heavy (non-hydrogen) atoms. The first-order valence-electron chi connectivity index (χ1n) is 8.07. The lowest BCUT2D eigenvalue weighted by molar-refractivity contribution is 0.265. The summed E-state index contributed by atoms with van der Waals surface area (Å²) in [5.74, 6) is 0. The predicted molar refractivity (Wildman–Crippen MR) is 88.5 cm³/mol. The van der Waals surface area contributed by atoms with Crippen LogP contribution in [-0.2, 0) is 25.9 Å². The minimum Gasteiger partial charge on any atom is -0.316 e. The normalized spacial score (nSPS) is 15.4. The third-order valence-electron chi connectivity index (χ3n) is 4.61. The van der Waals surface area contributed by atoms with E-state index in [2.05, 4.69) is 42.3 Å². The Kier molecular flexibility index (Phi) is 4.22. The summed E-state index contributed by atoms with van der Waals surface area (Å²) in [7, 11) is 2.03. The summed E-state index contributed by atoms with van der Waals surface area (Å²) in [6.45, 7) is 8.67. The Morgan fingerprint density at radius 3 is 2.86 bits per heavy atom. The van der Waals surface area contributed by atoms with Crippen molar-refractivity contribution >= 4 is 10.9 Å². The van der Waals surface area contributed by atoms with E-state index < -0.39 is 0 Å². The van der Waals surface area contributed by atoms with E-state index in [1.54, 1.807) is 0 Å². The fourth-order valence-electron chi connectivity index (χ4n) is 3.30. The molecule has 0 fully saturated rings. The van der Waals surface area contributed by atoms with Gasteiger partial charge in [0, 0.05) is 37.1 Å². The molecule has 0 bridgehead atoms. The van der Waals surface area contributed by atoms with E-state index in [9.17, 15) is 0 Å². The van der Waals surface area contributed by atoms with Gasteiger partial charge in [0.05, 0.1) is 5.52 Å². The molecule has 0 spiro atoms. The molecule has 2 aromatic rings. The number of rotatable bonds is 4. The predicted octanol–water partition coefficient (Wildman–Crippen LogP) is 2.89. The van der Waals surface area contributed by atoms with Crippen molar-refractivity contribution in [1.82, 2.24) is 15.2 Å². The molecule has 0 unspecified atom stereocenters. The summed E-state index contributed by atoms with van der Waals surface area (Å²) in [6.07, 6.45) is 2.15. The summed E-state index contributed by atoms with van der Waals surface area (Å²) in [4.78, 5) is 7.46. The topological polar surface area (TPSA) is 28.2 Å². The van der Waals surface area contributed by atoms with E-state index >= 15 is 0 Å². The van der Waals surface area contributed by atoms with Gasteiger partial charge < -0.3 is 5.32 Å². The summed E-state index contributed by atoms with van der Waals surface area (Å²) in [5.41, 5.74) is 6.76. The van der Waals surface area contributed by atoms with Gasteiger partial charge in [0.25, 0.3) is 0 Å². The molecular weight excluding hydrogens is 258 g/mol. The minimum atomic E-state index is 0.923. The van der Waals surface area contributed by atoms with Gasteiger partial charge in [-0.15, -0.1) is 0 Å². The van der Waals surface area contributed by atoms with Crippen molar-refractivity contribution in [3.8, 4) is 0 Å². The number of aromatic nitrogens is 1. The number of hydrogen-bond acceptors (Lipinski definition) is 3. The van der Waals surface area contributed by atoms with Crippen LogP contribution in [0.15, 0.2) is 18.2 Å². The number of aryl methyl sites for hydroxylation is 1. The van der Waals surface area contributed by atoms with Crippen LogP contribution >= 0.6 is 0 Å². The zero-order valence-corrected chi connectivity index (χ0v) is 13.4. The lowest BCUT2D eigenvalue weighted by Gasteiger charge is -2.29. The molecule has 0 saturated carbocycles. The summed E-state index contributed by atoms with van der Waals surface area (Å²) < 4.78 is 0. The molecule has 3 nitrogen and oxygen atoms in total. The van der Waals surface area contributed by atoms with Crippen LogP contribution in [0.25, 0.3) is 10.9 Å². The van der Waals surface area contributed by atoms with Crippen molar-refractivity contribution in [2.75, 3.05) is 20.1 Å². The van der Waals surface area contributed by atoms with Crippen LogP contribution < -0.4 is 5.32 Å². The second-order valence-electron chi connectivity index (χ2n) is 5.87. The summed E-state index contributed by atoms with van der Waals surface area (Å²) in [5, 5.41) is 4.68. The Hall–Kier alpha value is -1.45. The zero-order valence-electron chi connectivity index (χ0n) is 13.4. The SMILES string of the molecule is CCc1ccc2nc3c(c(CNC)c2c1)CN(CC)CC3. The van der Waals surface area contributed by atoms with Gasteiger partial charge >= 0.3 is 0 Å². The maximum Gasteiger partial charge on any atom is 0.0709 e. The van der Waals surface area contributed by atoms with Crippen LogP contribution in [0.5, 0.6) is 0 Å². The Morgan fingerprint density at radius 2 is 2.14 bits per heavy atom. The summed E-state index contributed by atoms with van der Waals surface area (Å²) in [6, 6.07) is 6.74. The maximum atomic E-state index is 4.95. The molecule has 3 rings (SSSR count). The molecule has 0 radical (unpaired) electrons. The molecule has 112 valence electrons. The zero-order chi connectivity index (χ0) is 14.8. The van der Waals surface area contributed by atoms with Gasteiger partial charge in [-0.1, -0.05) is 19.9 Å². The quantitative estimate of drug-likeness (QED) is 0.935. The van der Waals surface area contributed by atoms with E-state index in [0.29, 0.717) is 0 Å². The molecule has 1 aliphatic heterocycles. The second-order valence-corrected chi connectivity index (χ2v) is 5.87. The van der Waals surface area contributed by atoms with Gasteiger partial charge in [-0.2, -0.15) is 0 Å². The van der Waals surface area contributed by atoms with E-state index in [4.69, 9.17) is 4.98 Å². The van der Waals surface area contributed by atoms with E-state index in [1.807, 2.05) is 7.05 Å². The molecule has 0 amide bonds. The van der Waals surface area contributed by atoms with Crippen LogP contribution in [0.4, 0.5) is 0 Å². The van der Waals surface area contributed by atoms with Gasteiger partial charge in [-0.25, -0.2) is 0 Å². The Labute approximate surface area is 127 Å². The fraction of sp³-hybridized carbons (Fsp3) is 0.500. The average molecular weight is 283 g/mol. The van der Waals surface area contributed by atoms with E-state index in [-0.39, 0.29) is 0 Å². The molecule has 1 aromatic carbocycles. The van der Waals surface area contributed by atoms with Crippen molar-refractivity contribution in [3.63, 3.8) is 0 Å². The highest BCUT2D eigenvalue weighted by molar-refractivity contribution is 5.84. The first kappa shape index (κ1) is 14.5. The first-order chi connectivity index (χ1) is 10.3. The standard InChI is InChI=1S/C18H25N3/c1-4-13-6-7-17-14(10-13)15(11-19-3)16-12-21(5-2)9-8-18(16)20-17/h6-7,10,19H,4-5,8-9,11-12H2,1-3H3. The molecule has 1 aromatic heterocycles. The molecule has 1 aliphatic rings. The van der Waals surface area contributed by atoms with Crippen LogP contribution in [0.3, 0.4) is 0 Å². The number of nitrogens with one attached hydrogen (secondary N) is 1. The molecule has 0 aliphatic carbocycles. The fourth-order valence-corrected chi connectivity index (χ4v) is 3.30. The van der Waals surface area contributed by atoms with Gasteiger partial charge in [0.2, 0.25) is 0 Å². The largest absolute Gasteiger partial charge is 0.316 e. The lowest BCUT2D eigenvalue weighted by atomic mass is 9.94. The Morgan fingerprint density at radius 1 is 1.29 bits per heavy atom. The van der Waals surface area contributed by atoms with Crippen molar-refractivity contribution in [3.05, 3.63) is 40.6 Å². The third kappa shape index (κ3) is 2.68. The van der Waals surface area contributed by atoms with Crippen molar-refractivity contribution in [2.24, 2.45) is 0 Å². The van der Waals surface area contributed by atoms with Gasteiger partial charge in [-0.05, 0) is 48.8 Å². The summed E-state index contributed by atoms with van der Waals surface area (Å²) >= 11 is 0. The Bertz CT molecular complexity index is 648. The average Bonchev–Trinajstić information content (AvgIpc) is 2.54. The molecule has 1 N–H and O–H groups in total. The van der Waals surface area contributed by atoms with Gasteiger partial charge in [0.15, 0.2) is 0 Å². The van der Waals surface area contributed by atoms with Crippen LogP contribution in [-0.4, -0.2) is 30.0 Å². The first-order valence-corrected chi connectivity index (χ1v) is 8.07. The van der Waals surface area contributed by atoms with Crippen molar-refractivity contribution in [1.29, 1.82) is 0 Å². The molecule has 2 heterocycles. The number of hydrogen-bond donors (Lipinski definition) is 1. The van der Waals surface area contributed by atoms with Crippen LogP contribution in [0, 0.1) is 0 Å². The molecule has 3 heteroatoms. The monoisotopic (exact) mass is 283 g/mol. The molecule has 0 atom stereocenters. The number of fused-ring (bicyclic) bond motifs is 2. The van der Waals surface area contributed by atoms with E-state index in [1.165, 1.54) is 27.8 Å². The highest BCUT2D eigenvalue weighted by Gasteiger charge is 2.21. The van der Waals surface area contributed by atoms with Crippen molar-refractivity contribution < 1.29 is 0 Å². The highest BCUT2D eigenvalue weighted by atomic mass is 15.1. The van der Waals surface area contributed by atoms with E-state index in [0.717, 1.165) is 44.5 Å². The maximum absolute atomic E-state index is 4.95. The second kappa shape index (κ2) is 6.12. The molecule has 0 saturated heterocycles. The molecular formula is C18H25N3. The van der Waals surface area contributed by atoms with Crippen LogP contribution in [0.1, 0.15) is 36.2 Å². The highest BCUT2D eigenvalue weighted by Crippen LogP contribution is 2.28.